The number of nitrogens with zero attached hydrogens (tertiary/aromatic N) is 2. The maximum absolute atomic E-state index is 12.3. The molecule has 1 aromatic rings. The third kappa shape index (κ3) is 2.59. The number of carbonyl (C=O) groups is 2. The SMILES string of the molecule is CCC1(C(=O)O)CCCN(C(=O)c2ccccn2)C1. The lowest BCUT2D eigenvalue weighted by atomic mass is 9.77. The molecule has 102 valence electrons. The van der Waals surface area contributed by atoms with Gasteiger partial charge >= 0.3 is 5.97 Å². The van der Waals surface area contributed by atoms with Crippen molar-refractivity contribution in [1.29, 1.82) is 0 Å². The van der Waals surface area contributed by atoms with E-state index in [2.05, 4.69) is 4.98 Å². The highest BCUT2D eigenvalue weighted by molar-refractivity contribution is 5.92. The van der Waals surface area contributed by atoms with E-state index >= 15 is 0 Å². The van der Waals surface area contributed by atoms with Crippen LogP contribution in [0.1, 0.15) is 36.7 Å². The van der Waals surface area contributed by atoms with E-state index in [-0.39, 0.29) is 12.5 Å². The monoisotopic (exact) mass is 262 g/mol. The summed E-state index contributed by atoms with van der Waals surface area (Å²) in [5.41, 5.74) is -0.428. The summed E-state index contributed by atoms with van der Waals surface area (Å²) in [6, 6.07) is 5.17. The van der Waals surface area contributed by atoms with Crippen molar-refractivity contribution in [3.8, 4) is 0 Å². The summed E-state index contributed by atoms with van der Waals surface area (Å²) >= 11 is 0. The Balaban J connectivity index is 2.18. The molecule has 1 aliphatic rings. The first-order valence-corrected chi connectivity index (χ1v) is 6.53. The van der Waals surface area contributed by atoms with Gasteiger partial charge in [0, 0.05) is 19.3 Å². The maximum atomic E-state index is 12.3. The van der Waals surface area contributed by atoms with E-state index in [1.165, 1.54) is 0 Å². The van der Waals surface area contributed by atoms with Crippen LogP contribution in [-0.2, 0) is 4.79 Å². The van der Waals surface area contributed by atoms with Gasteiger partial charge in [0.05, 0.1) is 5.41 Å². The van der Waals surface area contributed by atoms with Crippen LogP contribution < -0.4 is 0 Å². The molecule has 5 heteroatoms. The zero-order chi connectivity index (χ0) is 13.9. The van der Waals surface area contributed by atoms with E-state index in [1.807, 2.05) is 6.92 Å². The Labute approximate surface area is 112 Å². The first-order valence-electron chi connectivity index (χ1n) is 6.53. The second kappa shape index (κ2) is 5.38. The predicted octanol–water partition coefficient (Wildman–Crippen LogP) is 1.80. The van der Waals surface area contributed by atoms with Gasteiger partial charge in [-0.2, -0.15) is 0 Å². The molecule has 1 amide bonds. The molecule has 0 aromatic carbocycles. The lowest BCUT2D eigenvalue weighted by Crippen LogP contribution is -2.49. The van der Waals surface area contributed by atoms with Gasteiger partial charge in [-0.25, -0.2) is 0 Å². The minimum atomic E-state index is -0.812. The Kier molecular flexibility index (Phi) is 3.83. The zero-order valence-electron chi connectivity index (χ0n) is 11.0. The minimum absolute atomic E-state index is 0.181. The molecular weight excluding hydrogens is 244 g/mol. The number of hydrogen-bond acceptors (Lipinski definition) is 3. The Morgan fingerprint density at radius 3 is 2.84 bits per heavy atom. The number of amides is 1. The second-order valence-corrected chi connectivity index (χ2v) is 4.98. The first kappa shape index (κ1) is 13.5. The highest BCUT2D eigenvalue weighted by Crippen LogP contribution is 2.34. The summed E-state index contributed by atoms with van der Waals surface area (Å²) in [5.74, 6) is -0.993. The number of pyridine rings is 1. The fourth-order valence-electron chi connectivity index (χ4n) is 2.57. The number of aliphatic carboxylic acids is 1. The second-order valence-electron chi connectivity index (χ2n) is 4.98. The van der Waals surface area contributed by atoms with Crippen LogP contribution >= 0.6 is 0 Å². The fraction of sp³-hybridized carbons (Fsp3) is 0.500. The summed E-state index contributed by atoms with van der Waals surface area (Å²) in [6.45, 7) is 2.74. The smallest absolute Gasteiger partial charge is 0.311 e. The molecule has 1 saturated heterocycles. The third-order valence-electron chi connectivity index (χ3n) is 3.88. The standard InChI is InChI=1S/C14H18N2O3/c1-2-14(13(18)19)7-5-9-16(10-14)12(17)11-6-3-4-8-15-11/h3-4,6,8H,2,5,7,9-10H2,1H3,(H,18,19). The van der Waals surface area contributed by atoms with Crippen molar-refractivity contribution >= 4 is 11.9 Å². The average molecular weight is 262 g/mol. The van der Waals surface area contributed by atoms with E-state index in [4.69, 9.17) is 0 Å². The van der Waals surface area contributed by atoms with Crippen molar-refractivity contribution in [3.05, 3.63) is 30.1 Å². The Hall–Kier alpha value is -1.91. The minimum Gasteiger partial charge on any atom is -0.481 e. The third-order valence-corrected chi connectivity index (χ3v) is 3.88. The van der Waals surface area contributed by atoms with Crippen LogP contribution in [0.5, 0.6) is 0 Å². The molecule has 2 heterocycles. The van der Waals surface area contributed by atoms with Crippen molar-refractivity contribution in [2.75, 3.05) is 13.1 Å². The Morgan fingerprint density at radius 1 is 1.47 bits per heavy atom. The molecule has 0 aliphatic carbocycles. The molecule has 2 rings (SSSR count). The molecule has 1 unspecified atom stereocenters. The molecule has 5 nitrogen and oxygen atoms in total. The van der Waals surface area contributed by atoms with Gasteiger partial charge in [0.15, 0.2) is 0 Å². The summed E-state index contributed by atoms with van der Waals surface area (Å²) < 4.78 is 0. The van der Waals surface area contributed by atoms with Crippen molar-refractivity contribution in [3.63, 3.8) is 0 Å². The molecule has 1 aliphatic heterocycles. The van der Waals surface area contributed by atoms with Crippen LogP contribution in [-0.4, -0.2) is 40.0 Å². The fourth-order valence-corrected chi connectivity index (χ4v) is 2.57. The number of hydrogen-bond donors (Lipinski definition) is 1. The van der Waals surface area contributed by atoms with Gasteiger partial charge in [0.1, 0.15) is 5.69 Å². The van der Waals surface area contributed by atoms with Gasteiger partial charge < -0.3 is 10.0 Å². The molecule has 0 saturated carbocycles. The van der Waals surface area contributed by atoms with Gasteiger partial charge in [0.2, 0.25) is 0 Å². The van der Waals surface area contributed by atoms with Crippen LogP contribution in [0.15, 0.2) is 24.4 Å². The molecule has 1 fully saturated rings. The summed E-state index contributed by atoms with van der Waals surface area (Å²) in [4.78, 5) is 29.4. The van der Waals surface area contributed by atoms with Crippen molar-refractivity contribution < 1.29 is 14.7 Å². The van der Waals surface area contributed by atoms with Crippen LogP contribution in [0.4, 0.5) is 0 Å². The van der Waals surface area contributed by atoms with Gasteiger partial charge in [-0.15, -0.1) is 0 Å². The lowest BCUT2D eigenvalue weighted by molar-refractivity contribution is -0.152. The van der Waals surface area contributed by atoms with E-state index in [0.717, 1.165) is 6.42 Å². The quantitative estimate of drug-likeness (QED) is 0.901. The molecular formula is C14H18N2O3. The van der Waals surface area contributed by atoms with Gasteiger partial charge in [-0.1, -0.05) is 13.0 Å². The zero-order valence-corrected chi connectivity index (χ0v) is 11.0. The molecule has 1 N–H and O–H groups in total. The first-order chi connectivity index (χ1) is 9.09. The summed E-state index contributed by atoms with van der Waals surface area (Å²) in [5, 5.41) is 9.41. The Morgan fingerprint density at radius 2 is 2.26 bits per heavy atom. The summed E-state index contributed by atoms with van der Waals surface area (Å²) in [7, 11) is 0. The van der Waals surface area contributed by atoms with Crippen molar-refractivity contribution in [2.45, 2.75) is 26.2 Å². The lowest BCUT2D eigenvalue weighted by Gasteiger charge is -2.39. The maximum Gasteiger partial charge on any atom is 0.311 e. The Bertz CT molecular complexity index is 475. The van der Waals surface area contributed by atoms with Crippen LogP contribution in [0, 0.1) is 5.41 Å². The topological polar surface area (TPSA) is 70.5 Å². The number of carbonyl (C=O) groups excluding carboxylic acids is 1. The molecule has 1 atom stereocenters. The number of rotatable bonds is 3. The van der Waals surface area contributed by atoms with Gasteiger partial charge in [-0.05, 0) is 31.4 Å². The molecule has 19 heavy (non-hydrogen) atoms. The average Bonchev–Trinajstić information content (AvgIpc) is 2.47. The number of aromatic nitrogens is 1. The summed E-state index contributed by atoms with van der Waals surface area (Å²) in [6.07, 6.45) is 3.46. The van der Waals surface area contributed by atoms with Gasteiger partial charge in [0.25, 0.3) is 5.91 Å². The molecule has 0 radical (unpaired) electrons. The number of carboxylic acids is 1. The van der Waals surface area contributed by atoms with Crippen LogP contribution in [0.3, 0.4) is 0 Å². The van der Waals surface area contributed by atoms with Gasteiger partial charge in [-0.3, -0.25) is 14.6 Å². The van der Waals surface area contributed by atoms with E-state index in [0.29, 0.717) is 25.1 Å². The highest BCUT2D eigenvalue weighted by atomic mass is 16.4. The van der Waals surface area contributed by atoms with Crippen molar-refractivity contribution in [2.24, 2.45) is 5.41 Å². The van der Waals surface area contributed by atoms with E-state index < -0.39 is 11.4 Å². The number of carboxylic acid groups (broad SMARTS) is 1. The number of likely N-dealkylation sites (tertiary alicyclic amines) is 1. The molecule has 0 spiro atoms. The van der Waals surface area contributed by atoms with Crippen molar-refractivity contribution in [1.82, 2.24) is 9.88 Å². The normalized spacial score (nSPS) is 23.1. The highest BCUT2D eigenvalue weighted by Gasteiger charge is 2.42. The van der Waals surface area contributed by atoms with E-state index in [1.54, 1.807) is 29.3 Å². The molecule has 1 aromatic heterocycles. The van der Waals surface area contributed by atoms with Crippen LogP contribution in [0.25, 0.3) is 0 Å². The van der Waals surface area contributed by atoms with E-state index in [9.17, 15) is 14.7 Å². The van der Waals surface area contributed by atoms with Crippen LogP contribution in [0.2, 0.25) is 0 Å². The largest absolute Gasteiger partial charge is 0.481 e. The predicted molar refractivity (Wildman–Crippen MR) is 69.7 cm³/mol. The number of piperidine rings is 1. The molecule has 0 bridgehead atoms.